The van der Waals surface area contributed by atoms with Gasteiger partial charge in [-0.1, -0.05) is 58.0 Å². The van der Waals surface area contributed by atoms with Crippen molar-refractivity contribution in [3.8, 4) is 0 Å². The van der Waals surface area contributed by atoms with Crippen LogP contribution >= 0.6 is 0 Å². The lowest BCUT2D eigenvalue weighted by molar-refractivity contribution is -0.152. The average Bonchev–Trinajstić information content (AvgIpc) is 2.70. The maximum atomic E-state index is 13.1. The fourth-order valence-electron chi connectivity index (χ4n) is 3.50. The van der Waals surface area contributed by atoms with E-state index in [4.69, 9.17) is 27.3 Å². The van der Waals surface area contributed by atoms with Crippen LogP contribution in [0, 0.1) is 17.2 Å². The van der Waals surface area contributed by atoms with Crippen molar-refractivity contribution < 1.29 is 9.53 Å². The molecule has 1 atom stereocenters. The van der Waals surface area contributed by atoms with Crippen molar-refractivity contribution in [1.82, 2.24) is 9.91 Å². The van der Waals surface area contributed by atoms with E-state index in [1.54, 1.807) is 0 Å². The molecule has 1 rings (SSSR count). The monoisotopic (exact) mass is 447 g/mol. The standard InChI is InChI=1S/C23H41N7O2/c1-17(2)14-29(15-18(3)4)20(21(31)32-16-19-10-6-5-7-11-19)12-8-9-13-30(23(26)27)28-22(24)25/h5-7,10-11,17-18,20H,8-9,12-16H2,1-4H3,(H3,26,27)(H4,24,25,28)/t20-/m1/s1. The van der Waals surface area contributed by atoms with E-state index in [2.05, 4.69) is 37.7 Å². The van der Waals surface area contributed by atoms with Crippen molar-refractivity contribution in [3.05, 3.63) is 35.9 Å². The van der Waals surface area contributed by atoms with Gasteiger partial charge in [-0.25, -0.2) is 5.01 Å². The molecule has 9 nitrogen and oxygen atoms in total. The smallest absolute Gasteiger partial charge is 0.323 e. The van der Waals surface area contributed by atoms with Crippen LogP contribution < -0.4 is 17.2 Å². The summed E-state index contributed by atoms with van der Waals surface area (Å²) in [6, 6.07) is 9.36. The van der Waals surface area contributed by atoms with Gasteiger partial charge in [-0.15, -0.1) is 5.10 Å². The van der Waals surface area contributed by atoms with Gasteiger partial charge in [0.25, 0.3) is 0 Å². The van der Waals surface area contributed by atoms with Crippen LogP contribution in [0.1, 0.15) is 52.5 Å². The van der Waals surface area contributed by atoms with Gasteiger partial charge in [0.2, 0.25) is 11.9 Å². The molecule has 0 heterocycles. The molecule has 0 aliphatic carbocycles. The number of benzene rings is 1. The van der Waals surface area contributed by atoms with Gasteiger partial charge >= 0.3 is 5.97 Å². The summed E-state index contributed by atoms with van der Waals surface area (Å²) in [5.74, 6) is 0.269. The van der Waals surface area contributed by atoms with Gasteiger partial charge in [0.05, 0.1) is 0 Å². The largest absolute Gasteiger partial charge is 0.460 e. The van der Waals surface area contributed by atoms with Crippen molar-refractivity contribution in [2.45, 2.75) is 59.6 Å². The van der Waals surface area contributed by atoms with Crippen LogP contribution in [0.5, 0.6) is 0 Å². The van der Waals surface area contributed by atoms with Gasteiger partial charge in [-0.3, -0.25) is 15.1 Å². The van der Waals surface area contributed by atoms with Gasteiger partial charge in [0.1, 0.15) is 12.6 Å². The third-order valence-corrected chi connectivity index (χ3v) is 4.75. The average molecular weight is 448 g/mol. The Morgan fingerprint density at radius 1 is 1.03 bits per heavy atom. The van der Waals surface area contributed by atoms with Crippen LogP contribution in [-0.4, -0.2) is 53.5 Å². The summed E-state index contributed by atoms with van der Waals surface area (Å²) < 4.78 is 5.70. The zero-order chi connectivity index (χ0) is 24.1. The molecular formula is C23H41N7O2. The Labute approximate surface area is 192 Å². The van der Waals surface area contributed by atoms with E-state index >= 15 is 0 Å². The van der Waals surface area contributed by atoms with Crippen LogP contribution in [0.25, 0.3) is 0 Å². The third-order valence-electron chi connectivity index (χ3n) is 4.75. The first-order chi connectivity index (χ1) is 15.1. The minimum absolute atomic E-state index is 0.150. The van der Waals surface area contributed by atoms with Gasteiger partial charge in [-0.2, -0.15) is 0 Å². The second kappa shape index (κ2) is 14.3. The van der Waals surface area contributed by atoms with Crippen molar-refractivity contribution in [3.63, 3.8) is 0 Å². The number of hydrogen-bond acceptors (Lipinski definition) is 5. The molecule has 1 aromatic carbocycles. The molecule has 0 radical (unpaired) electrons. The predicted octanol–water partition coefficient (Wildman–Crippen LogP) is 2.27. The predicted molar refractivity (Wildman–Crippen MR) is 130 cm³/mol. The number of carbonyl (C=O) groups excluding carboxylic acids is 1. The number of guanidine groups is 2. The molecule has 7 N–H and O–H groups in total. The van der Waals surface area contributed by atoms with Gasteiger partial charge in [0.15, 0.2) is 0 Å². The maximum absolute atomic E-state index is 13.1. The number of rotatable bonds is 14. The minimum Gasteiger partial charge on any atom is -0.460 e. The van der Waals surface area contributed by atoms with E-state index in [0.29, 0.717) is 31.2 Å². The molecule has 0 fully saturated rings. The molecule has 0 aliphatic rings. The van der Waals surface area contributed by atoms with E-state index in [1.807, 2.05) is 30.3 Å². The molecule has 180 valence electrons. The summed E-state index contributed by atoms with van der Waals surface area (Å²) in [5, 5.41) is 12.7. The number of nitrogens with zero attached hydrogens (tertiary/aromatic N) is 3. The molecule has 0 saturated carbocycles. The molecule has 0 aromatic heterocycles. The van der Waals surface area contributed by atoms with Crippen LogP contribution in [0.4, 0.5) is 0 Å². The maximum Gasteiger partial charge on any atom is 0.323 e. The van der Waals surface area contributed by atoms with Crippen LogP contribution in [0.3, 0.4) is 0 Å². The molecule has 0 aliphatic heterocycles. The Morgan fingerprint density at radius 3 is 2.12 bits per heavy atom. The number of nitrogens with two attached hydrogens (primary N) is 3. The highest BCUT2D eigenvalue weighted by atomic mass is 16.5. The second-order valence-electron chi connectivity index (χ2n) is 8.88. The Bertz CT molecular complexity index is 708. The lowest BCUT2D eigenvalue weighted by Gasteiger charge is -2.33. The number of hydrazone groups is 1. The van der Waals surface area contributed by atoms with Gasteiger partial charge in [0, 0.05) is 19.6 Å². The van der Waals surface area contributed by atoms with Gasteiger partial charge < -0.3 is 21.9 Å². The summed E-state index contributed by atoms with van der Waals surface area (Å²) in [4.78, 5) is 15.4. The molecule has 0 amide bonds. The number of nitrogens with one attached hydrogen (secondary N) is 1. The Hall–Kier alpha value is -2.81. The SMILES string of the molecule is CC(C)CN(CC(C)C)[C@H](CCCCN(N=C(N)N)C(=N)N)C(=O)OCc1ccccc1. The highest BCUT2D eigenvalue weighted by molar-refractivity contribution is 5.80. The lowest BCUT2D eigenvalue weighted by atomic mass is 10.0. The summed E-state index contributed by atoms with van der Waals surface area (Å²) in [6.07, 6.45) is 2.05. The molecule has 9 heteroatoms. The quantitative estimate of drug-likeness (QED) is 0.112. The van der Waals surface area contributed by atoms with Gasteiger partial charge in [-0.05, 0) is 36.7 Å². The third kappa shape index (κ3) is 11.0. The van der Waals surface area contributed by atoms with Crippen molar-refractivity contribution in [2.75, 3.05) is 19.6 Å². The molecule has 0 saturated heterocycles. The molecular weight excluding hydrogens is 406 g/mol. The summed E-state index contributed by atoms with van der Waals surface area (Å²) in [7, 11) is 0. The van der Waals surface area contributed by atoms with Crippen molar-refractivity contribution in [1.29, 1.82) is 5.41 Å². The van der Waals surface area contributed by atoms with Crippen LogP contribution in [0.2, 0.25) is 0 Å². The highest BCUT2D eigenvalue weighted by Gasteiger charge is 2.28. The first-order valence-corrected chi connectivity index (χ1v) is 11.3. The molecule has 32 heavy (non-hydrogen) atoms. The van der Waals surface area contributed by atoms with Crippen molar-refractivity contribution in [2.24, 2.45) is 34.1 Å². The zero-order valence-corrected chi connectivity index (χ0v) is 20.0. The highest BCUT2D eigenvalue weighted by Crippen LogP contribution is 2.17. The number of unbranched alkanes of at least 4 members (excludes halogenated alkanes) is 1. The van der Waals surface area contributed by atoms with E-state index in [1.165, 1.54) is 5.01 Å². The summed E-state index contributed by atoms with van der Waals surface area (Å²) in [5.41, 5.74) is 17.3. The number of carbonyl (C=O) groups is 1. The first-order valence-electron chi connectivity index (χ1n) is 11.3. The van der Waals surface area contributed by atoms with Crippen LogP contribution in [0.15, 0.2) is 35.4 Å². The molecule has 0 bridgehead atoms. The second-order valence-corrected chi connectivity index (χ2v) is 8.88. The van der Waals surface area contributed by atoms with Crippen LogP contribution in [-0.2, 0) is 16.1 Å². The zero-order valence-electron chi connectivity index (χ0n) is 20.0. The Morgan fingerprint density at radius 2 is 1.62 bits per heavy atom. The topological polar surface area (TPSA) is 147 Å². The summed E-state index contributed by atoms with van der Waals surface area (Å²) in [6.45, 7) is 10.9. The first kappa shape index (κ1) is 27.2. The number of hydrogen-bond donors (Lipinski definition) is 4. The molecule has 0 unspecified atom stereocenters. The Balaban J connectivity index is 2.83. The van der Waals surface area contributed by atoms with Crippen molar-refractivity contribution >= 4 is 17.9 Å². The van der Waals surface area contributed by atoms with E-state index in [-0.39, 0.29) is 30.5 Å². The van der Waals surface area contributed by atoms with E-state index in [9.17, 15) is 4.79 Å². The lowest BCUT2D eigenvalue weighted by Crippen LogP contribution is -2.45. The molecule has 1 aromatic rings. The van der Waals surface area contributed by atoms with E-state index < -0.39 is 0 Å². The normalized spacial score (nSPS) is 12.1. The fraction of sp³-hybridized carbons (Fsp3) is 0.609. The number of esters is 1. The number of ether oxygens (including phenoxy) is 1. The summed E-state index contributed by atoms with van der Waals surface area (Å²) >= 11 is 0. The fourth-order valence-corrected chi connectivity index (χ4v) is 3.50. The molecule has 0 spiro atoms. The minimum atomic E-state index is -0.336. The van der Waals surface area contributed by atoms with E-state index in [0.717, 1.165) is 25.1 Å². The Kier molecular flexibility index (Phi) is 12.2.